The van der Waals surface area contributed by atoms with Gasteiger partial charge < -0.3 is 9.84 Å². The SMILES string of the molecule is Cc1ccc(N2C(=O)NC(=O)/C(=C\c3ccccc3OCC(=O)O)C2=O)cc1. The predicted molar refractivity (Wildman–Crippen MR) is 99.8 cm³/mol. The van der Waals surface area contributed by atoms with E-state index in [0.29, 0.717) is 11.3 Å². The van der Waals surface area contributed by atoms with Crippen LogP contribution < -0.4 is 15.0 Å². The molecule has 2 N–H and O–H groups in total. The monoisotopic (exact) mass is 380 g/mol. The van der Waals surface area contributed by atoms with Crippen molar-refractivity contribution in [3.63, 3.8) is 0 Å². The Hall–Kier alpha value is -3.94. The van der Waals surface area contributed by atoms with E-state index in [4.69, 9.17) is 9.84 Å². The number of carboxylic acids is 1. The number of carboxylic acid groups (broad SMARTS) is 1. The number of hydrogen-bond acceptors (Lipinski definition) is 5. The van der Waals surface area contributed by atoms with Crippen molar-refractivity contribution >= 4 is 35.6 Å². The van der Waals surface area contributed by atoms with Crippen LogP contribution in [0, 0.1) is 6.92 Å². The van der Waals surface area contributed by atoms with Gasteiger partial charge in [0.15, 0.2) is 6.61 Å². The Morgan fingerprint density at radius 1 is 1.11 bits per heavy atom. The average molecular weight is 380 g/mol. The molecule has 1 aliphatic heterocycles. The first-order chi connectivity index (χ1) is 13.4. The molecule has 2 aromatic carbocycles. The molecular weight excluding hydrogens is 364 g/mol. The third kappa shape index (κ3) is 3.90. The van der Waals surface area contributed by atoms with Crippen LogP contribution in [0.3, 0.4) is 0 Å². The lowest BCUT2D eigenvalue weighted by Crippen LogP contribution is -2.54. The van der Waals surface area contributed by atoms with Gasteiger partial charge in [-0.05, 0) is 31.2 Å². The van der Waals surface area contributed by atoms with Crippen LogP contribution in [0.25, 0.3) is 6.08 Å². The van der Waals surface area contributed by atoms with Crippen LogP contribution in [0.1, 0.15) is 11.1 Å². The van der Waals surface area contributed by atoms with Crippen LogP contribution in [0.15, 0.2) is 54.1 Å². The number of carbonyl (C=O) groups is 4. The van der Waals surface area contributed by atoms with Crippen molar-refractivity contribution in [1.82, 2.24) is 5.32 Å². The van der Waals surface area contributed by atoms with Gasteiger partial charge in [-0.25, -0.2) is 14.5 Å². The molecule has 1 aliphatic rings. The summed E-state index contributed by atoms with van der Waals surface area (Å²) in [7, 11) is 0. The molecule has 3 rings (SSSR count). The molecule has 8 nitrogen and oxygen atoms in total. The largest absolute Gasteiger partial charge is 0.481 e. The highest BCUT2D eigenvalue weighted by Gasteiger charge is 2.36. The molecule has 0 unspecified atom stereocenters. The summed E-state index contributed by atoms with van der Waals surface area (Å²) >= 11 is 0. The summed E-state index contributed by atoms with van der Waals surface area (Å²) in [5.41, 5.74) is 1.33. The zero-order valence-corrected chi connectivity index (χ0v) is 14.8. The maximum atomic E-state index is 12.9. The summed E-state index contributed by atoms with van der Waals surface area (Å²) < 4.78 is 5.19. The van der Waals surface area contributed by atoms with Crippen molar-refractivity contribution in [2.24, 2.45) is 0 Å². The standard InChI is InChI=1S/C20H16N2O6/c1-12-6-8-14(9-7-12)22-19(26)15(18(25)21-20(22)27)10-13-4-2-3-5-16(13)28-11-17(23)24/h2-10H,11H2,1H3,(H,23,24)(H,21,25,27)/b15-10+. The van der Waals surface area contributed by atoms with E-state index >= 15 is 0 Å². The number of hydrogen-bond donors (Lipinski definition) is 2. The van der Waals surface area contributed by atoms with Gasteiger partial charge in [-0.3, -0.25) is 14.9 Å². The highest BCUT2D eigenvalue weighted by atomic mass is 16.5. The van der Waals surface area contributed by atoms with Crippen molar-refractivity contribution in [3.05, 3.63) is 65.2 Å². The minimum absolute atomic E-state index is 0.191. The molecule has 0 atom stereocenters. The molecular formula is C20H16N2O6. The van der Waals surface area contributed by atoms with Gasteiger partial charge in [0.05, 0.1) is 5.69 Å². The molecule has 142 valence electrons. The van der Waals surface area contributed by atoms with Crippen LogP contribution >= 0.6 is 0 Å². The molecule has 28 heavy (non-hydrogen) atoms. The number of rotatable bonds is 5. The molecule has 0 aromatic heterocycles. The number of imide groups is 2. The number of ether oxygens (including phenoxy) is 1. The maximum Gasteiger partial charge on any atom is 0.341 e. The van der Waals surface area contributed by atoms with Crippen LogP contribution in [-0.2, 0) is 14.4 Å². The predicted octanol–water partition coefficient (Wildman–Crippen LogP) is 2.12. The van der Waals surface area contributed by atoms with Crippen molar-refractivity contribution < 1.29 is 29.0 Å². The number of aryl methyl sites for hydroxylation is 1. The number of carbonyl (C=O) groups excluding carboxylic acids is 3. The summed E-state index contributed by atoms with van der Waals surface area (Å²) in [4.78, 5) is 48.9. The number of benzene rings is 2. The maximum absolute atomic E-state index is 12.9. The molecule has 1 fully saturated rings. The highest BCUT2D eigenvalue weighted by molar-refractivity contribution is 6.39. The summed E-state index contributed by atoms with van der Waals surface area (Å²) in [5.74, 6) is -2.60. The third-order valence-corrected chi connectivity index (χ3v) is 3.96. The van der Waals surface area contributed by atoms with Crippen LogP contribution in [0.4, 0.5) is 10.5 Å². The topological polar surface area (TPSA) is 113 Å². The van der Waals surface area contributed by atoms with Gasteiger partial charge in [-0.2, -0.15) is 0 Å². The second kappa shape index (κ2) is 7.75. The second-order valence-corrected chi connectivity index (χ2v) is 6.01. The number of barbiturate groups is 1. The van der Waals surface area contributed by atoms with Gasteiger partial charge in [0.25, 0.3) is 11.8 Å². The Morgan fingerprint density at radius 2 is 1.79 bits per heavy atom. The number of para-hydroxylation sites is 1. The summed E-state index contributed by atoms with van der Waals surface area (Å²) in [6.07, 6.45) is 1.27. The minimum Gasteiger partial charge on any atom is -0.481 e. The van der Waals surface area contributed by atoms with Gasteiger partial charge in [-0.15, -0.1) is 0 Å². The number of aliphatic carboxylic acids is 1. The first-order valence-electron chi connectivity index (χ1n) is 8.28. The molecule has 0 aliphatic carbocycles. The Labute approximate surface area is 160 Å². The number of urea groups is 1. The van der Waals surface area contributed by atoms with E-state index in [9.17, 15) is 19.2 Å². The van der Waals surface area contributed by atoms with Gasteiger partial charge in [-0.1, -0.05) is 35.9 Å². The van der Waals surface area contributed by atoms with E-state index in [0.717, 1.165) is 10.5 Å². The first kappa shape index (κ1) is 18.8. The van der Waals surface area contributed by atoms with E-state index in [1.54, 1.807) is 42.5 Å². The smallest absolute Gasteiger partial charge is 0.341 e. The van der Waals surface area contributed by atoms with Gasteiger partial charge in [0.1, 0.15) is 11.3 Å². The minimum atomic E-state index is -1.16. The van der Waals surface area contributed by atoms with Crippen molar-refractivity contribution in [3.8, 4) is 5.75 Å². The Morgan fingerprint density at radius 3 is 2.46 bits per heavy atom. The number of anilines is 1. The highest BCUT2D eigenvalue weighted by Crippen LogP contribution is 2.25. The lowest BCUT2D eigenvalue weighted by molar-refractivity contribution is -0.139. The van der Waals surface area contributed by atoms with E-state index in [-0.39, 0.29) is 11.3 Å². The van der Waals surface area contributed by atoms with Crippen LogP contribution in [0.2, 0.25) is 0 Å². The Bertz CT molecular complexity index is 994. The third-order valence-electron chi connectivity index (χ3n) is 3.96. The van der Waals surface area contributed by atoms with E-state index in [2.05, 4.69) is 5.32 Å². The molecule has 1 heterocycles. The number of amides is 4. The molecule has 0 spiro atoms. The molecule has 1 saturated heterocycles. The molecule has 8 heteroatoms. The number of nitrogens with one attached hydrogen (secondary N) is 1. The van der Waals surface area contributed by atoms with Crippen molar-refractivity contribution in [2.45, 2.75) is 6.92 Å². The quantitative estimate of drug-likeness (QED) is 0.607. The van der Waals surface area contributed by atoms with E-state index in [1.165, 1.54) is 12.1 Å². The lowest BCUT2D eigenvalue weighted by atomic mass is 10.1. The van der Waals surface area contributed by atoms with Crippen LogP contribution in [-0.4, -0.2) is 35.5 Å². The molecule has 0 radical (unpaired) electrons. The molecule has 2 aromatic rings. The normalized spacial score (nSPS) is 15.5. The van der Waals surface area contributed by atoms with E-state index in [1.807, 2.05) is 6.92 Å². The van der Waals surface area contributed by atoms with E-state index < -0.39 is 30.4 Å². The molecule has 4 amide bonds. The lowest BCUT2D eigenvalue weighted by Gasteiger charge is -2.26. The van der Waals surface area contributed by atoms with Gasteiger partial charge in [0.2, 0.25) is 0 Å². The van der Waals surface area contributed by atoms with Crippen molar-refractivity contribution in [1.29, 1.82) is 0 Å². The molecule has 0 bridgehead atoms. The summed E-state index contributed by atoms with van der Waals surface area (Å²) in [6.45, 7) is 1.29. The Kier molecular flexibility index (Phi) is 5.21. The Balaban J connectivity index is 1.98. The average Bonchev–Trinajstić information content (AvgIpc) is 2.65. The molecule has 0 saturated carbocycles. The zero-order chi connectivity index (χ0) is 20.3. The van der Waals surface area contributed by atoms with Crippen LogP contribution in [0.5, 0.6) is 5.75 Å². The fourth-order valence-corrected chi connectivity index (χ4v) is 2.61. The first-order valence-corrected chi connectivity index (χ1v) is 8.28. The summed E-state index contributed by atoms with van der Waals surface area (Å²) in [5, 5.41) is 10.9. The zero-order valence-electron chi connectivity index (χ0n) is 14.8. The fraction of sp³-hybridized carbons (Fsp3) is 0.100. The van der Waals surface area contributed by atoms with Gasteiger partial charge >= 0.3 is 12.0 Å². The fourth-order valence-electron chi connectivity index (χ4n) is 2.61. The van der Waals surface area contributed by atoms with Crippen molar-refractivity contribution in [2.75, 3.05) is 11.5 Å². The summed E-state index contributed by atoms with van der Waals surface area (Å²) in [6, 6.07) is 12.2. The van der Waals surface area contributed by atoms with Gasteiger partial charge in [0, 0.05) is 5.56 Å². The number of nitrogens with zero attached hydrogens (tertiary/aromatic N) is 1. The second-order valence-electron chi connectivity index (χ2n) is 6.01.